The summed E-state index contributed by atoms with van der Waals surface area (Å²) in [7, 11) is 0. The van der Waals surface area contributed by atoms with Gasteiger partial charge in [0.2, 0.25) is 0 Å². The Hall–Kier alpha value is -1.76. The normalized spacial score (nSPS) is 10.4. The van der Waals surface area contributed by atoms with Crippen LogP contribution in [0.5, 0.6) is 0 Å². The first kappa shape index (κ1) is 12.7. The molecule has 0 bridgehead atoms. The third kappa shape index (κ3) is 2.73. The Bertz CT molecular complexity index is 575. The molecule has 0 amide bonds. The molecule has 1 heterocycles. The van der Waals surface area contributed by atoms with E-state index in [9.17, 15) is 8.78 Å². The van der Waals surface area contributed by atoms with E-state index >= 15 is 0 Å². The fourth-order valence-electron chi connectivity index (χ4n) is 1.36. The Labute approximate surface area is 110 Å². The van der Waals surface area contributed by atoms with Gasteiger partial charge in [-0.1, -0.05) is 0 Å². The number of nitrogens with two attached hydrogens (primary N) is 1. The van der Waals surface area contributed by atoms with Crippen molar-refractivity contribution >= 4 is 27.6 Å². The third-order valence-corrected chi connectivity index (χ3v) is 3.05. The van der Waals surface area contributed by atoms with Gasteiger partial charge in [-0.3, -0.25) is 0 Å². The van der Waals surface area contributed by atoms with Crippen LogP contribution in [0.2, 0.25) is 0 Å². The quantitative estimate of drug-likeness (QED) is 0.914. The third-order valence-electron chi connectivity index (χ3n) is 2.27. The van der Waals surface area contributed by atoms with Crippen molar-refractivity contribution < 1.29 is 8.78 Å². The van der Waals surface area contributed by atoms with Crippen LogP contribution in [0.4, 0.5) is 20.4 Å². The number of benzene rings is 1. The number of aromatic nitrogens is 2. The standard InChI is InChI=1S/C11H9BrF2N4/c12-9-10(15)17-5-18-11(9)16-4-6-3-7(13)1-2-8(6)14/h1-3,5H,4H2,(H3,15,16,17,18). The average Bonchev–Trinajstić information content (AvgIpc) is 2.35. The zero-order valence-electron chi connectivity index (χ0n) is 9.12. The lowest BCUT2D eigenvalue weighted by molar-refractivity contribution is 0.587. The van der Waals surface area contributed by atoms with Crippen LogP contribution in [-0.4, -0.2) is 9.97 Å². The first-order valence-electron chi connectivity index (χ1n) is 5.01. The number of hydrogen-bond donors (Lipinski definition) is 2. The second-order valence-electron chi connectivity index (χ2n) is 3.51. The van der Waals surface area contributed by atoms with Crippen LogP contribution in [0.1, 0.15) is 5.56 Å². The van der Waals surface area contributed by atoms with Gasteiger partial charge >= 0.3 is 0 Å². The van der Waals surface area contributed by atoms with Crippen molar-refractivity contribution in [1.82, 2.24) is 9.97 Å². The van der Waals surface area contributed by atoms with E-state index in [4.69, 9.17) is 5.73 Å². The molecule has 0 saturated carbocycles. The summed E-state index contributed by atoms with van der Waals surface area (Å²) in [5.41, 5.74) is 5.78. The maximum atomic E-state index is 13.4. The van der Waals surface area contributed by atoms with Crippen molar-refractivity contribution in [3.8, 4) is 0 Å². The van der Waals surface area contributed by atoms with Gasteiger partial charge in [0.1, 0.15) is 34.1 Å². The molecule has 0 fully saturated rings. The summed E-state index contributed by atoms with van der Waals surface area (Å²) in [6.07, 6.45) is 1.28. The Morgan fingerprint density at radius 2 is 2.06 bits per heavy atom. The summed E-state index contributed by atoms with van der Waals surface area (Å²) in [4.78, 5) is 7.71. The van der Waals surface area contributed by atoms with Gasteiger partial charge in [-0.05, 0) is 34.1 Å². The van der Waals surface area contributed by atoms with Gasteiger partial charge in [0.15, 0.2) is 0 Å². The van der Waals surface area contributed by atoms with Gasteiger partial charge < -0.3 is 11.1 Å². The van der Waals surface area contributed by atoms with Crippen LogP contribution in [0.25, 0.3) is 0 Å². The van der Waals surface area contributed by atoms with Gasteiger partial charge in [0.05, 0.1) is 0 Å². The lowest BCUT2D eigenvalue weighted by Gasteiger charge is -2.09. The SMILES string of the molecule is Nc1ncnc(NCc2cc(F)ccc2F)c1Br. The molecule has 0 aliphatic heterocycles. The molecule has 0 aliphatic rings. The van der Waals surface area contributed by atoms with E-state index in [2.05, 4.69) is 31.2 Å². The van der Waals surface area contributed by atoms with E-state index in [-0.39, 0.29) is 17.9 Å². The van der Waals surface area contributed by atoms with Crippen LogP contribution in [0.15, 0.2) is 29.0 Å². The number of anilines is 2. The minimum atomic E-state index is -0.491. The highest BCUT2D eigenvalue weighted by atomic mass is 79.9. The van der Waals surface area contributed by atoms with E-state index in [1.807, 2.05) is 0 Å². The van der Waals surface area contributed by atoms with Gasteiger partial charge in [0, 0.05) is 12.1 Å². The number of halogens is 3. The molecule has 4 nitrogen and oxygen atoms in total. The van der Waals surface area contributed by atoms with E-state index in [0.29, 0.717) is 10.3 Å². The van der Waals surface area contributed by atoms with Crippen molar-refractivity contribution in [3.63, 3.8) is 0 Å². The van der Waals surface area contributed by atoms with Gasteiger partial charge in [0.25, 0.3) is 0 Å². The van der Waals surface area contributed by atoms with E-state index < -0.39 is 11.6 Å². The largest absolute Gasteiger partial charge is 0.383 e. The first-order valence-corrected chi connectivity index (χ1v) is 5.81. The van der Waals surface area contributed by atoms with Gasteiger partial charge in [-0.2, -0.15) is 0 Å². The second-order valence-corrected chi connectivity index (χ2v) is 4.30. The summed E-state index contributed by atoms with van der Waals surface area (Å²) < 4.78 is 26.8. The predicted molar refractivity (Wildman–Crippen MR) is 67.8 cm³/mol. The summed E-state index contributed by atoms with van der Waals surface area (Å²) in [6.45, 7) is 0.0959. The highest BCUT2D eigenvalue weighted by Crippen LogP contribution is 2.24. The maximum absolute atomic E-state index is 13.4. The molecule has 0 saturated heterocycles. The van der Waals surface area contributed by atoms with Gasteiger partial charge in [-0.15, -0.1) is 0 Å². The Balaban J connectivity index is 2.16. The van der Waals surface area contributed by atoms with Crippen molar-refractivity contribution in [2.45, 2.75) is 6.54 Å². The van der Waals surface area contributed by atoms with Crippen LogP contribution >= 0.6 is 15.9 Å². The molecular weight excluding hydrogens is 306 g/mol. The molecule has 3 N–H and O–H groups in total. The summed E-state index contributed by atoms with van der Waals surface area (Å²) in [6, 6.07) is 3.27. The van der Waals surface area contributed by atoms with Crippen molar-refractivity contribution in [2.75, 3.05) is 11.1 Å². The first-order chi connectivity index (χ1) is 8.58. The highest BCUT2D eigenvalue weighted by molar-refractivity contribution is 9.10. The predicted octanol–water partition coefficient (Wildman–Crippen LogP) is 2.71. The maximum Gasteiger partial charge on any atom is 0.146 e. The number of nitrogen functional groups attached to an aromatic ring is 1. The number of rotatable bonds is 3. The lowest BCUT2D eigenvalue weighted by Crippen LogP contribution is -2.06. The van der Waals surface area contributed by atoms with E-state index in [1.165, 1.54) is 6.33 Å². The molecule has 0 spiro atoms. The smallest absolute Gasteiger partial charge is 0.146 e. The molecule has 94 valence electrons. The molecule has 0 aliphatic carbocycles. The lowest BCUT2D eigenvalue weighted by atomic mass is 10.2. The topological polar surface area (TPSA) is 63.8 Å². The Kier molecular flexibility index (Phi) is 3.71. The monoisotopic (exact) mass is 314 g/mol. The van der Waals surface area contributed by atoms with Crippen molar-refractivity contribution in [2.24, 2.45) is 0 Å². The molecule has 2 aromatic rings. The molecule has 0 atom stereocenters. The fraction of sp³-hybridized carbons (Fsp3) is 0.0909. The fourth-order valence-corrected chi connectivity index (χ4v) is 1.71. The highest BCUT2D eigenvalue weighted by Gasteiger charge is 2.08. The molecular formula is C11H9BrF2N4. The summed E-state index contributed by atoms with van der Waals surface area (Å²) >= 11 is 3.21. The molecule has 2 rings (SSSR count). The zero-order chi connectivity index (χ0) is 13.1. The van der Waals surface area contributed by atoms with Crippen LogP contribution in [-0.2, 0) is 6.54 Å². The summed E-state index contributed by atoms with van der Waals surface area (Å²) in [5.74, 6) is -0.283. The second kappa shape index (κ2) is 5.26. The van der Waals surface area contributed by atoms with Gasteiger partial charge in [-0.25, -0.2) is 18.7 Å². The van der Waals surface area contributed by atoms with Crippen LogP contribution in [0, 0.1) is 11.6 Å². The minimum Gasteiger partial charge on any atom is -0.383 e. The van der Waals surface area contributed by atoms with E-state index in [1.54, 1.807) is 0 Å². The molecule has 7 heteroatoms. The average molecular weight is 315 g/mol. The van der Waals surface area contributed by atoms with E-state index in [0.717, 1.165) is 18.2 Å². The molecule has 0 unspecified atom stereocenters. The van der Waals surface area contributed by atoms with Crippen LogP contribution in [0.3, 0.4) is 0 Å². The number of nitrogens with zero attached hydrogens (tertiary/aromatic N) is 2. The molecule has 18 heavy (non-hydrogen) atoms. The molecule has 1 aromatic heterocycles. The number of nitrogens with one attached hydrogen (secondary N) is 1. The Morgan fingerprint density at radius 3 is 2.83 bits per heavy atom. The summed E-state index contributed by atoms with van der Waals surface area (Å²) in [5, 5.41) is 2.85. The zero-order valence-corrected chi connectivity index (χ0v) is 10.7. The molecule has 1 aromatic carbocycles. The Morgan fingerprint density at radius 1 is 1.28 bits per heavy atom. The minimum absolute atomic E-state index is 0.0959. The van der Waals surface area contributed by atoms with Crippen molar-refractivity contribution in [1.29, 1.82) is 0 Å². The van der Waals surface area contributed by atoms with Crippen molar-refractivity contribution in [3.05, 3.63) is 46.2 Å². The van der Waals surface area contributed by atoms with Crippen LogP contribution < -0.4 is 11.1 Å². The molecule has 0 radical (unpaired) electrons. The number of hydrogen-bond acceptors (Lipinski definition) is 4.